The first-order valence-electron chi connectivity index (χ1n) is 4.42. The van der Waals surface area contributed by atoms with Crippen LogP contribution in [0.4, 0.5) is 0 Å². The van der Waals surface area contributed by atoms with E-state index in [9.17, 15) is 4.79 Å². The van der Waals surface area contributed by atoms with E-state index in [-0.39, 0.29) is 5.56 Å². The second-order valence-electron chi connectivity index (χ2n) is 2.93. The molecule has 3 nitrogen and oxygen atoms in total. The van der Waals surface area contributed by atoms with Crippen molar-refractivity contribution in [2.75, 3.05) is 6.26 Å². The van der Waals surface area contributed by atoms with E-state index in [0.717, 1.165) is 4.88 Å². The van der Waals surface area contributed by atoms with E-state index in [2.05, 4.69) is 0 Å². The van der Waals surface area contributed by atoms with Crippen molar-refractivity contribution in [2.45, 2.75) is 4.90 Å². The van der Waals surface area contributed by atoms with Gasteiger partial charge < -0.3 is 4.42 Å². The molecular formula is C11H7NO2S2. The third kappa shape index (κ3) is 1.90. The Morgan fingerprint density at radius 1 is 1.56 bits per heavy atom. The molecule has 0 amide bonds. The molecule has 2 aromatic heterocycles. The molecule has 2 aromatic rings. The number of nitriles is 1. The summed E-state index contributed by atoms with van der Waals surface area (Å²) < 4.78 is 5.11. The quantitative estimate of drug-likeness (QED) is 0.768. The fourth-order valence-electron chi connectivity index (χ4n) is 1.27. The minimum atomic E-state index is -0.572. The van der Waals surface area contributed by atoms with E-state index in [4.69, 9.17) is 9.68 Å². The highest BCUT2D eigenvalue weighted by atomic mass is 32.2. The molecular weight excluding hydrogens is 242 g/mol. The molecule has 0 fully saturated rings. The first-order valence-corrected chi connectivity index (χ1v) is 6.53. The van der Waals surface area contributed by atoms with Crippen LogP contribution >= 0.6 is 23.1 Å². The Balaban J connectivity index is 2.65. The Labute approximate surface area is 100 Å². The molecule has 16 heavy (non-hydrogen) atoms. The molecule has 0 saturated heterocycles. The highest BCUT2D eigenvalue weighted by Gasteiger charge is 2.12. The lowest BCUT2D eigenvalue weighted by Gasteiger charge is -2.01. The van der Waals surface area contributed by atoms with Crippen molar-refractivity contribution < 1.29 is 4.42 Å². The van der Waals surface area contributed by atoms with Gasteiger partial charge in [0.25, 0.3) is 0 Å². The Bertz CT molecular complexity index is 593. The summed E-state index contributed by atoms with van der Waals surface area (Å²) in [4.78, 5) is 13.1. The molecule has 0 bridgehead atoms. The van der Waals surface area contributed by atoms with E-state index in [0.29, 0.717) is 10.7 Å². The number of thioether (sulfide) groups is 1. The van der Waals surface area contributed by atoms with E-state index < -0.39 is 5.63 Å². The highest BCUT2D eigenvalue weighted by molar-refractivity contribution is 7.98. The van der Waals surface area contributed by atoms with Crippen molar-refractivity contribution in [1.29, 1.82) is 5.26 Å². The third-order valence-corrected chi connectivity index (χ3v) is 3.66. The Morgan fingerprint density at radius 3 is 2.94 bits per heavy atom. The van der Waals surface area contributed by atoms with Crippen LogP contribution in [0.3, 0.4) is 0 Å². The van der Waals surface area contributed by atoms with E-state index in [1.807, 2.05) is 29.8 Å². The average Bonchev–Trinajstić information content (AvgIpc) is 2.81. The van der Waals surface area contributed by atoms with Gasteiger partial charge in [-0.3, -0.25) is 0 Å². The van der Waals surface area contributed by atoms with Gasteiger partial charge >= 0.3 is 5.63 Å². The molecule has 0 saturated carbocycles. The van der Waals surface area contributed by atoms with Crippen LogP contribution in [0.2, 0.25) is 0 Å². The maximum atomic E-state index is 11.5. The van der Waals surface area contributed by atoms with Crippen molar-refractivity contribution in [3.05, 3.63) is 39.6 Å². The standard InChI is InChI=1S/C11H7NO2S2/c1-15-10-5-8(9-3-2-4-16-9)14-11(13)7(10)6-12/h2-5H,1H3. The van der Waals surface area contributed by atoms with Gasteiger partial charge in [-0.25, -0.2) is 4.79 Å². The monoisotopic (exact) mass is 249 g/mol. The SMILES string of the molecule is CSc1cc(-c2cccs2)oc(=O)c1C#N. The van der Waals surface area contributed by atoms with Crippen LogP contribution in [0.5, 0.6) is 0 Å². The number of hydrogen-bond donors (Lipinski definition) is 0. The topological polar surface area (TPSA) is 54.0 Å². The van der Waals surface area contributed by atoms with Gasteiger partial charge in [0.2, 0.25) is 0 Å². The zero-order valence-corrected chi connectivity index (χ0v) is 10.0. The van der Waals surface area contributed by atoms with Crippen molar-refractivity contribution in [3.8, 4) is 16.7 Å². The summed E-state index contributed by atoms with van der Waals surface area (Å²) in [5.74, 6) is 0.517. The van der Waals surface area contributed by atoms with Crippen LogP contribution in [0.15, 0.2) is 37.7 Å². The van der Waals surface area contributed by atoms with Gasteiger partial charge in [-0.05, 0) is 23.8 Å². The Hall–Kier alpha value is -1.51. The Morgan fingerprint density at radius 2 is 2.38 bits per heavy atom. The molecule has 0 aliphatic carbocycles. The van der Waals surface area contributed by atoms with E-state index >= 15 is 0 Å². The fraction of sp³-hybridized carbons (Fsp3) is 0.0909. The molecule has 5 heteroatoms. The number of rotatable bonds is 2. The fourth-order valence-corrected chi connectivity index (χ4v) is 2.51. The van der Waals surface area contributed by atoms with Crippen LogP contribution in [0, 0.1) is 11.3 Å². The maximum absolute atomic E-state index is 11.5. The zero-order valence-electron chi connectivity index (χ0n) is 8.39. The van der Waals surface area contributed by atoms with Crippen molar-refractivity contribution >= 4 is 23.1 Å². The largest absolute Gasteiger partial charge is 0.421 e. The second kappa shape index (κ2) is 4.56. The number of nitrogens with zero attached hydrogens (tertiary/aromatic N) is 1. The lowest BCUT2D eigenvalue weighted by molar-refractivity contribution is 0.520. The summed E-state index contributed by atoms with van der Waals surface area (Å²) in [7, 11) is 0. The molecule has 0 aliphatic heterocycles. The minimum absolute atomic E-state index is 0.0767. The van der Waals surface area contributed by atoms with Crippen LogP contribution in [0.25, 0.3) is 10.6 Å². The van der Waals surface area contributed by atoms with Gasteiger partial charge in [-0.2, -0.15) is 5.26 Å². The van der Waals surface area contributed by atoms with Crippen molar-refractivity contribution in [2.24, 2.45) is 0 Å². The summed E-state index contributed by atoms with van der Waals surface area (Å²) in [6.07, 6.45) is 1.83. The minimum Gasteiger partial charge on any atom is -0.421 e. The summed E-state index contributed by atoms with van der Waals surface area (Å²) in [6, 6.07) is 7.36. The molecule has 0 unspecified atom stereocenters. The number of hydrogen-bond acceptors (Lipinski definition) is 5. The zero-order chi connectivity index (χ0) is 11.5. The second-order valence-corrected chi connectivity index (χ2v) is 4.73. The van der Waals surface area contributed by atoms with Crippen molar-refractivity contribution in [1.82, 2.24) is 0 Å². The molecule has 0 atom stereocenters. The lowest BCUT2D eigenvalue weighted by atomic mass is 10.2. The summed E-state index contributed by atoms with van der Waals surface area (Å²) in [5, 5.41) is 10.7. The first-order chi connectivity index (χ1) is 7.76. The first kappa shape index (κ1) is 11.0. The number of thiophene rings is 1. The van der Waals surface area contributed by atoms with Crippen LogP contribution in [-0.2, 0) is 0 Å². The van der Waals surface area contributed by atoms with Gasteiger partial charge in [-0.15, -0.1) is 23.1 Å². The molecule has 0 N–H and O–H groups in total. The molecule has 0 aliphatic rings. The summed E-state index contributed by atoms with van der Waals surface area (Å²) in [5.41, 5.74) is -0.495. The molecule has 0 aromatic carbocycles. The van der Waals surface area contributed by atoms with E-state index in [1.165, 1.54) is 23.1 Å². The lowest BCUT2D eigenvalue weighted by Crippen LogP contribution is -2.05. The van der Waals surface area contributed by atoms with Gasteiger partial charge in [0.15, 0.2) is 5.56 Å². The predicted molar refractivity (Wildman–Crippen MR) is 64.8 cm³/mol. The van der Waals surface area contributed by atoms with Crippen LogP contribution in [0.1, 0.15) is 5.56 Å². The predicted octanol–water partition coefficient (Wildman–Crippen LogP) is 2.96. The van der Waals surface area contributed by atoms with Crippen molar-refractivity contribution in [3.63, 3.8) is 0 Å². The van der Waals surface area contributed by atoms with Crippen LogP contribution < -0.4 is 5.63 Å². The normalized spacial score (nSPS) is 10.0. The van der Waals surface area contributed by atoms with Crippen LogP contribution in [-0.4, -0.2) is 6.26 Å². The smallest absolute Gasteiger partial charge is 0.355 e. The van der Waals surface area contributed by atoms with Gasteiger partial charge in [0.05, 0.1) is 4.88 Å². The molecule has 2 heterocycles. The molecule has 2 rings (SSSR count). The molecule has 0 spiro atoms. The maximum Gasteiger partial charge on any atom is 0.355 e. The highest BCUT2D eigenvalue weighted by Crippen LogP contribution is 2.28. The van der Waals surface area contributed by atoms with Gasteiger partial charge in [-0.1, -0.05) is 6.07 Å². The average molecular weight is 249 g/mol. The molecule has 0 radical (unpaired) electrons. The summed E-state index contributed by atoms with van der Waals surface area (Å²) in [6.45, 7) is 0. The third-order valence-electron chi connectivity index (χ3n) is 2.01. The van der Waals surface area contributed by atoms with E-state index in [1.54, 1.807) is 6.07 Å². The molecule has 80 valence electrons. The van der Waals surface area contributed by atoms with Gasteiger partial charge in [0, 0.05) is 4.90 Å². The van der Waals surface area contributed by atoms with Gasteiger partial charge in [0.1, 0.15) is 11.8 Å². The Kier molecular flexibility index (Phi) is 3.13. The summed E-state index contributed by atoms with van der Waals surface area (Å²) >= 11 is 2.86.